The van der Waals surface area contributed by atoms with Crippen molar-refractivity contribution in [2.75, 3.05) is 41.3 Å². The van der Waals surface area contributed by atoms with Gasteiger partial charge >= 0.3 is 0 Å². The molecule has 4 aromatic heterocycles. The third-order valence-corrected chi connectivity index (χ3v) is 6.80. The number of pyridine rings is 2. The van der Waals surface area contributed by atoms with Crippen LogP contribution < -0.4 is 4.74 Å². The highest BCUT2D eigenvalue weighted by atomic mass is 19.1. The summed E-state index contributed by atoms with van der Waals surface area (Å²) in [6, 6.07) is 14.9. The molecule has 0 atom stereocenters. The highest BCUT2D eigenvalue weighted by Crippen LogP contribution is 2.34. The van der Waals surface area contributed by atoms with E-state index in [0.717, 1.165) is 46.2 Å². The maximum atomic E-state index is 14.6. The zero-order chi connectivity index (χ0) is 28.5. The molecule has 0 radical (unpaired) electrons. The average Bonchev–Trinajstić information content (AvgIpc) is 3.56. The third-order valence-electron chi connectivity index (χ3n) is 6.80. The maximum Gasteiger partial charge on any atom is 0.178 e. The molecule has 0 unspecified atom stereocenters. The van der Waals surface area contributed by atoms with E-state index in [0.29, 0.717) is 40.6 Å². The summed E-state index contributed by atoms with van der Waals surface area (Å²) in [4.78, 5) is 21.2. The smallest absolute Gasteiger partial charge is 0.178 e. The molecule has 0 bridgehead atoms. The highest BCUT2D eigenvalue weighted by molar-refractivity contribution is 5.97. The minimum atomic E-state index is -0.373. The second-order valence-corrected chi connectivity index (χ2v) is 10.6. The molecule has 0 saturated heterocycles. The number of halogens is 1. The molecule has 2 N–H and O–H groups in total. The number of nitrogens with one attached hydrogen (secondary N) is 2. The third kappa shape index (κ3) is 5.65. The number of benzene rings is 2. The Morgan fingerprint density at radius 2 is 1.78 bits per heavy atom. The van der Waals surface area contributed by atoms with Gasteiger partial charge in [0, 0.05) is 54.3 Å². The largest absolute Gasteiger partial charge is 0.492 e. The molecule has 208 valence electrons. The van der Waals surface area contributed by atoms with E-state index in [1.165, 1.54) is 12.1 Å². The Balaban J connectivity index is 1.37. The Labute approximate surface area is 237 Å². The van der Waals surface area contributed by atoms with Gasteiger partial charge in [-0.25, -0.2) is 14.4 Å². The number of aromatic nitrogens is 6. The van der Waals surface area contributed by atoms with Gasteiger partial charge in [-0.05, 0) is 81.3 Å². The first-order chi connectivity index (χ1) is 19.8. The average molecular weight is 551 g/mol. The molecule has 6 aromatic rings. The van der Waals surface area contributed by atoms with E-state index in [2.05, 4.69) is 48.2 Å². The molecule has 10 heteroatoms. The Bertz CT molecular complexity index is 1840. The molecule has 41 heavy (non-hydrogen) atoms. The van der Waals surface area contributed by atoms with Crippen LogP contribution in [0.25, 0.3) is 55.8 Å². The molecule has 2 aromatic carbocycles. The monoisotopic (exact) mass is 550 g/mol. The molecular formula is C31H31FN8O. The summed E-state index contributed by atoms with van der Waals surface area (Å²) in [5.41, 5.74) is 7.42. The van der Waals surface area contributed by atoms with Gasteiger partial charge < -0.3 is 19.5 Å². The van der Waals surface area contributed by atoms with E-state index in [-0.39, 0.29) is 5.82 Å². The maximum absolute atomic E-state index is 14.6. The van der Waals surface area contributed by atoms with Gasteiger partial charge in [0.25, 0.3) is 0 Å². The molecule has 0 aliphatic rings. The van der Waals surface area contributed by atoms with Crippen molar-refractivity contribution in [2.45, 2.75) is 6.54 Å². The van der Waals surface area contributed by atoms with Crippen LogP contribution in [0.4, 0.5) is 4.39 Å². The number of imidazole rings is 1. The van der Waals surface area contributed by atoms with Gasteiger partial charge in [0.1, 0.15) is 23.9 Å². The van der Waals surface area contributed by atoms with E-state index in [1.807, 2.05) is 63.7 Å². The molecule has 9 nitrogen and oxygen atoms in total. The number of nitrogens with zero attached hydrogens (tertiary/aromatic N) is 6. The lowest BCUT2D eigenvalue weighted by Gasteiger charge is -2.12. The van der Waals surface area contributed by atoms with E-state index < -0.39 is 0 Å². The molecule has 4 heterocycles. The van der Waals surface area contributed by atoms with Crippen LogP contribution >= 0.6 is 0 Å². The number of ether oxygens (including phenoxy) is 1. The minimum Gasteiger partial charge on any atom is -0.492 e. The number of hydrogen-bond acceptors (Lipinski definition) is 7. The van der Waals surface area contributed by atoms with E-state index in [4.69, 9.17) is 9.72 Å². The Morgan fingerprint density at radius 1 is 0.902 bits per heavy atom. The summed E-state index contributed by atoms with van der Waals surface area (Å²) in [5.74, 6) is 0.672. The first-order valence-electron chi connectivity index (χ1n) is 13.3. The zero-order valence-electron chi connectivity index (χ0n) is 23.4. The molecular weight excluding hydrogens is 519 g/mol. The SMILES string of the molecule is CN(C)CCOc1cc(F)cc(-c2ccnc3nc(-c4n[nH]c5ccc(-c6cncc(CN(C)C)c6)cc45)[nH]c23)c1. The summed E-state index contributed by atoms with van der Waals surface area (Å²) in [7, 11) is 8.01. The van der Waals surface area contributed by atoms with Crippen LogP contribution in [-0.4, -0.2) is 81.3 Å². The standard InChI is InChI=1S/C31H31FN8O/c1-39(2)9-10-41-24-13-21(12-23(32)15-24)25-7-8-34-30-28(25)35-31(36-30)29-26-14-20(5-6-27(26)37-38-29)22-11-19(16-33-17-22)18-40(3)4/h5-8,11-17H,9-10,18H2,1-4H3,(H,37,38)(H,34,35,36). The summed E-state index contributed by atoms with van der Waals surface area (Å²) < 4.78 is 20.4. The van der Waals surface area contributed by atoms with Gasteiger partial charge in [-0.2, -0.15) is 5.10 Å². The number of likely N-dealkylation sites (N-methyl/N-ethyl adjacent to an activating group) is 1. The Kier molecular flexibility index (Phi) is 7.17. The molecule has 0 aliphatic carbocycles. The highest BCUT2D eigenvalue weighted by Gasteiger charge is 2.17. The Hall–Kier alpha value is -4.67. The topological polar surface area (TPSA) is 98.8 Å². The van der Waals surface area contributed by atoms with Gasteiger partial charge in [0.2, 0.25) is 0 Å². The van der Waals surface area contributed by atoms with E-state index in [1.54, 1.807) is 6.20 Å². The first kappa shape index (κ1) is 26.5. The number of hydrogen-bond donors (Lipinski definition) is 2. The van der Waals surface area contributed by atoms with Crippen molar-refractivity contribution >= 4 is 22.1 Å². The number of H-pyrrole nitrogens is 2. The van der Waals surface area contributed by atoms with Crippen molar-refractivity contribution in [2.24, 2.45) is 0 Å². The number of rotatable bonds is 9. The fraction of sp³-hybridized carbons (Fsp3) is 0.226. The summed E-state index contributed by atoms with van der Waals surface area (Å²) in [5, 5.41) is 8.61. The van der Waals surface area contributed by atoms with Crippen LogP contribution in [0, 0.1) is 5.82 Å². The molecule has 0 amide bonds. The molecule has 0 aliphatic heterocycles. The van der Waals surface area contributed by atoms with Gasteiger partial charge in [-0.3, -0.25) is 10.1 Å². The molecule has 0 fully saturated rings. The van der Waals surface area contributed by atoms with Crippen molar-refractivity contribution in [3.63, 3.8) is 0 Å². The van der Waals surface area contributed by atoms with Crippen LogP contribution in [0.5, 0.6) is 5.75 Å². The van der Waals surface area contributed by atoms with Crippen LogP contribution in [0.2, 0.25) is 0 Å². The summed E-state index contributed by atoms with van der Waals surface area (Å²) in [6.45, 7) is 2.00. The second kappa shape index (κ2) is 11.1. The van der Waals surface area contributed by atoms with Crippen LogP contribution in [0.1, 0.15) is 5.56 Å². The first-order valence-corrected chi connectivity index (χ1v) is 13.3. The van der Waals surface area contributed by atoms with Crippen LogP contribution in [-0.2, 0) is 6.54 Å². The summed E-state index contributed by atoms with van der Waals surface area (Å²) in [6.07, 6.45) is 5.44. The van der Waals surface area contributed by atoms with E-state index in [9.17, 15) is 4.39 Å². The molecule has 0 spiro atoms. The van der Waals surface area contributed by atoms with Gasteiger partial charge in [0.05, 0.1) is 11.0 Å². The predicted octanol–water partition coefficient (Wildman–Crippen LogP) is 5.37. The van der Waals surface area contributed by atoms with Gasteiger partial charge in [-0.15, -0.1) is 0 Å². The van der Waals surface area contributed by atoms with Crippen molar-refractivity contribution in [1.82, 2.24) is 39.9 Å². The molecule has 0 saturated carbocycles. The summed E-state index contributed by atoms with van der Waals surface area (Å²) >= 11 is 0. The van der Waals surface area contributed by atoms with Crippen molar-refractivity contribution in [3.05, 3.63) is 78.5 Å². The minimum absolute atomic E-state index is 0.373. The fourth-order valence-corrected chi connectivity index (χ4v) is 4.88. The predicted molar refractivity (Wildman–Crippen MR) is 159 cm³/mol. The van der Waals surface area contributed by atoms with Crippen molar-refractivity contribution in [3.8, 4) is 39.5 Å². The zero-order valence-corrected chi connectivity index (χ0v) is 23.4. The van der Waals surface area contributed by atoms with Crippen LogP contribution in [0.15, 0.2) is 67.1 Å². The van der Waals surface area contributed by atoms with Crippen LogP contribution in [0.3, 0.4) is 0 Å². The number of aromatic amines is 2. The lowest BCUT2D eigenvalue weighted by Crippen LogP contribution is -2.19. The second-order valence-electron chi connectivity index (χ2n) is 10.6. The lowest BCUT2D eigenvalue weighted by atomic mass is 10.0. The number of fused-ring (bicyclic) bond motifs is 2. The lowest BCUT2D eigenvalue weighted by molar-refractivity contribution is 0.260. The molecule has 6 rings (SSSR count). The van der Waals surface area contributed by atoms with Crippen molar-refractivity contribution in [1.29, 1.82) is 0 Å². The van der Waals surface area contributed by atoms with E-state index >= 15 is 0 Å². The van der Waals surface area contributed by atoms with Crippen molar-refractivity contribution < 1.29 is 9.13 Å². The van der Waals surface area contributed by atoms with Gasteiger partial charge in [-0.1, -0.05) is 6.07 Å². The Morgan fingerprint density at radius 3 is 2.61 bits per heavy atom. The fourth-order valence-electron chi connectivity index (χ4n) is 4.88. The van der Waals surface area contributed by atoms with Gasteiger partial charge in [0.15, 0.2) is 11.5 Å². The quantitative estimate of drug-likeness (QED) is 0.250. The normalized spacial score (nSPS) is 11.8.